The molecule has 1 saturated heterocycles. The van der Waals surface area contributed by atoms with Crippen LogP contribution in [0.1, 0.15) is 25.1 Å². The Hall–Kier alpha value is -1.43. The van der Waals surface area contributed by atoms with E-state index in [1.807, 2.05) is 0 Å². The second-order valence-electron chi connectivity index (χ2n) is 4.12. The molecule has 0 radical (unpaired) electrons. The average molecular weight is 222 g/mol. The highest BCUT2D eigenvalue weighted by molar-refractivity contribution is 5.25. The minimum Gasteiger partial charge on any atom is -0.368 e. The van der Waals surface area contributed by atoms with Gasteiger partial charge in [-0.05, 0) is 25.9 Å². The van der Waals surface area contributed by atoms with Gasteiger partial charge in [0, 0.05) is 13.0 Å². The van der Waals surface area contributed by atoms with Crippen molar-refractivity contribution in [3.05, 3.63) is 5.82 Å². The van der Waals surface area contributed by atoms with Gasteiger partial charge >= 0.3 is 0 Å². The summed E-state index contributed by atoms with van der Waals surface area (Å²) in [5.41, 5.74) is 11.0. The Balaban J connectivity index is 1.88. The van der Waals surface area contributed by atoms with Crippen molar-refractivity contribution in [1.82, 2.24) is 19.9 Å². The first-order valence-electron chi connectivity index (χ1n) is 5.72. The molecule has 0 aromatic carbocycles. The molecule has 0 aliphatic carbocycles. The average Bonchev–Trinajstić information content (AvgIpc) is 2.27. The molecule has 1 fully saturated rings. The van der Waals surface area contributed by atoms with Gasteiger partial charge in [-0.3, -0.25) is 0 Å². The zero-order valence-corrected chi connectivity index (χ0v) is 9.39. The molecule has 1 aromatic heterocycles. The third-order valence-electron chi connectivity index (χ3n) is 2.82. The van der Waals surface area contributed by atoms with E-state index in [9.17, 15) is 0 Å². The van der Waals surface area contributed by atoms with Crippen LogP contribution >= 0.6 is 0 Å². The quantitative estimate of drug-likeness (QED) is 0.751. The number of nitrogens with zero attached hydrogens (tertiary/aromatic N) is 4. The highest BCUT2D eigenvalue weighted by Gasteiger charge is 2.10. The Labute approximate surface area is 95.1 Å². The van der Waals surface area contributed by atoms with Crippen LogP contribution in [0.15, 0.2) is 0 Å². The van der Waals surface area contributed by atoms with Gasteiger partial charge in [0.15, 0.2) is 0 Å². The van der Waals surface area contributed by atoms with Gasteiger partial charge in [0.2, 0.25) is 11.9 Å². The first kappa shape index (κ1) is 11.1. The molecule has 0 amide bonds. The maximum atomic E-state index is 5.51. The van der Waals surface area contributed by atoms with E-state index in [-0.39, 0.29) is 11.9 Å². The summed E-state index contributed by atoms with van der Waals surface area (Å²) >= 11 is 0. The lowest BCUT2D eigenvalue weighted by molar-refractivity contribution is 0.230. The molecule has 0 bridgehead atoms. The van der Waals surface area contributed by atoms with Gasteiger partial charge in [-0.2, -0.15) is 15.0 Å². The molecular weight excluding hydrogens is 204 g/mol. The van der Waals surface area contributed by atoms with Crippen molar-refractivity contribution in [3.8, 4) is 0 Å². The molecule has 2 rings (SSSR count). The van der Waals surface area contributed by atoms with Crippen LogP contribution in [0.25, 0.3) is 0 Å². The molecule has 1 aromatic rings. The molecule has 6 nitrogen and oxygen atoms in total. The normalized spacial score (nSPS) is 17.5. The number of anilines is 2. The SMILES string of the molecule is Nc1nc(N)nc(CCN2CCCCC2)n1. The molecule has 1 aliphatic heterocycles. The lowest BCUT2D eigenvalue weighted by atomic mass is 10.1. The zero-order chi connectivity index (χ0) is 11.4. The molecule has 6 heteroatoms. The molecular formula is C10H18N6. The summed E-state index contributed by atoms with van der Waals surface area (Å²) in [4.78, 5) is 14.3. The zero-order valence-electron chi connectivity index (χ0n) is 9.39. The van der Waals surface area contributed by atoms with Gasteiger partial charge in [-0.25, -0.2) is 0 Å². The van der Waals surface area contributed by atoms with Gasteiger partial charge in [0.25, 0.3) is 0 Å². The van der Waals surface area contributed by atoms with E-state index >= 15 is 0 Å². The molecule has 16 heavy (non-hydrogen) atoms. The second-order valence-corrected chi connectivity index (χ2v) is 4.12. The number of nitrogen functional groups attached to an aromatic ring is 2. The Morgan fingerprint density at radius 2 is 1.56 bits per heavy atom. The van der Waals surface area contributed by atoms with Crippen LogP contribution in [0.2, 0.25) is 0 Å². The van der Waals surface area contributed by atoms with Crippen LogP contribution in [-0.2, 0) is 6.42 Å². The second kappa shape index (κ2) is 5.07. The lowest BCUT2D eigenvalue weighted by Gasteiger charge is -2.25. The van der Waals surface area contributed by atoms with Gasteiger partial charge in [-0.15, -0.1) is 0 Å². The highest BCUT2D eigenvalue weighted by Crippen LogP contribution is 2.09. The van der Waals surface area contributed by atoms with E-state index in [2.05, 4.69) is 19.9 Å². The lowest BCUT2D eigenvalue weighted by Crippen LogP contribution is -2.31. The summed E-state index contributed by atoms with van der Waals surface area (Å²) in [5.74, 6) is 1.11. The monoisotopic (exact) mass is 222 g/mol. The molecule has 4 N–H and O–H groups in total. The summed E-state index contributed by atoms with van der Waals surface area (Å²) in [6.45, 7) is 3.33. The minimum absolute atomic E-state index is 0.209. The van der Waals surface area contributed by atoms with Crippen molar-refractivity contribution >= 4 is 11.9 Å². The van der Waals surface area contributed by atoms with Crippen molar-refractivity contribution in [1.29, 1.82) is 0 Å². The number of hydrogen-bond acceptors (Lipinski definition) is 6. The standard InChI is InChI=1S/C10H18N6/c11-9-13-8(14-10(12)15-9)4-7-16-5-2-1-3-6-16/h1-7H2,(H4,11,12,13,14,15). The molecule has 0 saturated carbocycles. The Morgan fingerprint density at radius 1 is 0.938 bits per heavy atom. The summed E-state index contributed by atoms with van der Waals surface area (Å²) in [5, 5.41) is 0. The number of aromatic nitrogens is 3. The van der Waals surface area contributed by atoms with Crippen LogP contribution in [0.3, 0.4) is 0 Å². The Kier molecular flexibility index (Phi) is 3.51. The van der Waals surface area contributed by atoms with Gasteiger partial charge in [0.1, 0.15) is 5.82 Å². The van der Waals surface area contributed by atoms with E-state index < -0.39 is 0 Å². The molecule has 88 valence electrons. The Bertz CT molecular complexity index is 327. The molecule has 0 spiro atoms. The third kappa shape index (κ3) is 3.03. The van der Waals surface area contributed by atoms with Crippen LogP contribution in [-0.4, -0.2) is 39.5 Å². The maximum absolute atomic E-state index is 5.51. The maximum Gasteiger partial charge on any atom is 0.225 e. The van der Waals surface area contributed by atoms with Gasteiger partial charge < -0.3 is 16.4 Å². The molecule has 2 heterocycles. The van der Waals surface area contributed by atoms with Crippen molar-refractivity contribution in [3.63, 3.8) is 0 Å². The van der Waals surface area contributed by atoms with E-state index in [0.717, 1.165) is 13.0 Å². The third-order valence-corrected chi connectivity index (χ3v) is 2.82. The van der Waals surface area contributed by atoms with Crippen LogP contribution < -0.4 is 11.5 Å². The molecule has 1 aliphatic rings. The van der Waals surface area contributed by atoms with E-state index in [0.29, 0.717) is 5.82 Å². The molecule has 0 unspecified atom stereocenters. The number of rotatable bonds is 3. The van der Waals surface area contributed by atoms with Crippen LogP contribution in [0.4, 0.5) is 11.9 Å². The van der Waals surface area contributed by atoms with Gasteiger partial charge in [0.05, 0.1) is 0 Å². The number of hydrogen-bond donors (Lipinski definition) is 2. The fraction of sp³-hybridized carbons (Fsp3) is 0.700. The predicted molar refractivity (Wildman–Crippen MR) is 62.6 cm³/mol. The summed E-state index contributed by atoms with van der Waals surface area (Å²) in [6, 6.07) is 0. The van der Waals surface area contributed by atoms with Gasteiger partial charge in [-0.1, -0.05) is 6.42 Å². The highest BCUT2D eigenvalue weighted by atomic mass is 15.2. The first-order chi connectivity index (χ1) is 7.74. The summed E-state index contributed by atoms with van der Waals surface area (Å²) < 4.78 is 0. The number of likely N-dealkylation sites (tertiary alicyclic amines) is 1. The van der Waals surface area contributed by atoms with Crippen molar-refractivity contribution < 1.29 is 0 Å². The van der Waals surface area contributed by atoms with E-state index in [1.54, 1.807) is 0 Å². The predicted octanol–water partition coefficient (Wildman–Crippen LogP) is 0.0644. The van der Waals surface area contributed by atoms with E-state index in [4.69, 9.17) is 11.5 Å². The van der Waals surface area contributed by atoms with E-state index in [1.165, 1.54) is 32.4 Å². The van der Waals surface area contributed by atoms with Crippen LogP contribution in [0.5, 0.6) is 0 Å². The summed E-state index contributed by atoms with van der Waals surface area (Å²) in [7, 11) is 0. The minimum atomic E-state index is 0.209. The van der Waals surface area contributed by atoms with Crippen LogP contribution in [0, 0.1) is 0 Å². The topological polar surface area (TPSA) is 93.9 Å². The van der Waals surface area contributed by atoms with Crippen molar-refractivity contribution in [2.45, 2.75) is 25.7 Å². The fourth-order valence-corrected chi connectivity index (χ4v) is 2.01. The summed E-state index contributed by atoms with van der Waals surface area (Å²) in [6.07, 6.45) is 4.72. The first-order valence-corrected chi connectivity index (χ1v) is 5.72. The van der Waals surface area contributed by atoms with Crippen molar-refractivity contribution in [2.24, 2.45) is 0 Å². The number of nitrogens with two attached hydrogens (primary N) is 2. The molecule has 0 atom stereocenters. The Morgan fingerprint density at radius 3 is 2.19 bits per heavy atom. The van der Waals surface area contributed by atoms with Crippen molar-refractivity contribution in [2.75, 3.05) is 31.1 Å². The largest absolute Gasteiger partial charge is 0.368 e. The number of piperidine rings is 1. The smallest absolute Gasteiger partial charge is 0.225 e. The fourth-order valence-electron chi connectivity index (χ4n) is 2.01.